The maximum Gasteiger partial charge on any atom is 0.257 e. The van der Waals surface area contributed by atoms with Gasteiger partial charge in [-0.05, 0) is 43.7 Å². The topological polar surface area (TPSA) is 102 Å². The number of aromatic hydroxyl groups is 1. The lowest BCUT2D eigenvalue weighted by atomic mass is 9.99. The van der Waals surface area contributed by atoms with Crippen molar-refractivity contribution in [2.75, 3.05) is 36.8 Å². The zero-order valence-electron chi connectivity index (χ0n) is 18.8. The van der Waals surface area contributed by atoms with E-state index in [9.17, 15) is 23.9 Å². The van der Waals surface area contributed by atoms with E-state index in [0.717, 1.165) is 25.9 Å². The number of rotatable bonds is 5. The van der Waals surface area contributed by atoms with Crippen molar-refractivity contribution in [1.82, 2.24) is 9.80 Å². The van der Waals surface area contributed by atoms with Crippen LogP contribution in [0.25, 0.3) is 0 Å². The predicted octanol–water partition coefficient (Wildman–Crippen LogP) is 3.58. The molecule has 5 rings (SSSR count). The number of nitrogens with one attached hydrogen (secondary N) is 2. The van der Waals surface area contributed by atoms with Gasteiger partial charge in [-0.3, -0.25) is 19.3 Å². The summed E-state index contributed by atoms with van der Waals surface area (Å²) in [6.45, 7) is 3.04. The highest BCUT2D eigenvalue weighted by atomic mass is 35.5. The Morgan fingerprint density at radius 1 is 0.971 bits per heavy atom. The Hall–Kier alpha value is -3.43. The van der Waals surface area contributed by atoms with Gasteiger partial charge in [0.25, 0.3) is 16.8 Å². The van der Waals surface area contributed by atoms with Crippen LogP contribution in [-0.4, -0.2) is 53.0 Å². The van der Waals surface area contributed by atoms with Gasteiger partial charge in [0.1, 0.15) is 17.2 Å². The molecule has 182 valence electrons. The van der Waals surface area contributed by atoms with Crippen molar-refractivity contribution in [3.63, 3.8) is 0 Å². The van der Waals surface area contributed by atoms with Crippen LogP contribution >= 0.6 is 11.6 Å². The van der Waals surface area contributed by atoms with Crippen LogP contribution in [0.15, 0.2) is 46.0 Å². The molecule has 0 radical (unpaired) electrons. The number of phenolic OH excluding ortho intramolecular Hbond substituents is 1. The maximum atomic E-state index is 13.8. The number of carbonyl (C=O) groups is 1. The lowest BCUT2D eigenvalue weighted by molar-refractivity contribution is 0.0370. The number of amides is 1. The number of halogens is 2. The summed E-state index contributed by atoms with van der Waals surface area (Å²) < 4.78 is 13.8. The number of nitrogens with zero attached hydrogens (tertiary/aromatic N) is 2. The average molecular weight is 499 g/mol. The molecule has 2 heterocycles. The first-order valence-electron chi connectivity index (χ1n) is 11.5. The van der Waals surface area contributed by atoms with Crippen LogP contribution in [-0.2, 0) is 0 Å². The number of phenols is 1. The second-order valence-corrected chi connectivity index (χ2v) is 9.28. The fourth-order valence-corrected chi connectivity index (χ4v) is 5.00. The van der Waals surface area contributed by atoms with Crippen LogP contribution in [0.5, 0.6) is 5.75 Å². The SMILES string of the molecule is O=C(c1cccc(Nc2c(Nc3cccc(F)c3Cl)c(=O)c2=O)c1O)N1CCN2CCCCC2C1. The van der Waals surface area contributed by atoms with Gasteiger partial charge in [-0.1, -0.05) is 30.2 Å². The second-order valence-electron chi connectivity index (χ2n) is 8.90. The Morgan fingerprint density at radius 3 is 2.43 bits per heavy atom. The van der Waals surface area contributed by atoms with Gasteiger partial charge in [0, 0.05) is 25.7 Å². The zero-order chi connectivity index (χ0) is 24.7. The standard InChI is InChI=1S/C25H24ClFN4O4/c26-19-16(27)7-4-8-17(19)28-20-21(24(34)23(20)33)29-18-9-3-6-15(22(18)32)25(35)31-12-11-30-10-2-1-5-14(30)13-31/h3-4,6-9,14,28-29,32H,1-2,5,10-13H2. The summed E-state index contributed by atoms with van der Waals surface area (Å²) in [5, 5.41) is 16.1. The van der Waals surface area contributed by atoms with Gasteiger partial charge in [-0.15, -0.1) is 0 Å². The number of hydrogen-bond acceptors (Lipinski definition) is 7. The van der Waals surface area contributed by atoms with Crippen molar-refractivity contribution in [3.05, 3.63) is 73.2 Å². The molecule has 2 fully saturated rings. The number of piperazine rings is 1. The molecule has 0 spiro atoms. The van der Waals surface area contributed by atoms with Gasteiger partial charge in [0.15, 0.2) is 5.75 Å². The van der Waals surface area contributed by atoms with Crippen molar-refractivity contribution in [3.8, 4) is 5.75 Å². The van der Waals surface area contributed by atoms with Crippen molar-refractivity contribution < 1.29 is 14.3 Å². The maximum absolute atomic E-state index is 13.8. The van der Waals surface area contributed by atoms with Crippen molar-refractivity contribution in [1.29, 1.82) is 0 Å². The predicted molar refractivity (Wildman–Crippen MR) is 133 cm³/mol. The normalized spacial score (nSPS) is 18.3. The number of fused-ring (bicyclic) bond motifs is 1. The molecule has 0 aromatic heterocycles. The van der Waals surface area contributed by atoms with E-state index in [0.29, 0.717) is 19.1 Å². The average Bonchev–Trinajstić information content (AvgIpc) is 2.88. The number of carbonyl (C=O) groups excluding carboxylic acids is 1. The van der Waals surface area contributed by atoms with E-state index >= 15 is 0 Å². The molecule has 3 N–H and O–H groups in total. The molecule has 2 saturated heterocycles. The van der Waals surface area contributed by atoms with E-state index < -0.39 is 16.7 Å². The van der Waals surface area contributed by atoms with Crippen LogP contribution in [0, 0.1) is 5.82 Å². The summed E-state index contributed by atoms with van der Waals surface area (Å²) >= 11 is 5.95. The van der Waals surface area contributed by atoms with Crippen LogP contribution < -0.4 is 21.5 Å². The van der Waals surface area contributed by atoms with Crippen LogP contribution in [0.4, 0.5) is 27.1 Å². The molecule has 35 heavy (non-hydrogen) atoms. The minimum Gasteiger partial charge on any atom is -0.505 e. The summed E-state index contributed by atoms with van der Waals surface area (Å²) in [7, 11) is 0. The fourth-order valence-electron chi connectivity index (χ4n) is 4.83. The quantitative estimate of drug-likeness (QED) is 0.365. The van der Waals surface area contributed by atoms with E-state index in [1.165, 1.54) is 36.8 Å². The highest BCUT2D eigenvalue weighted by molar-refractivity contribution is 6.33. The Labute approximate surface area is 205 Å². The molecule has 1 amide bonds. The van der Waals surface area contributed by atoms with Gasteiger partial charge in [-0.25, -0.2) is 4.39 Å². The third kappa shape index (κ3) is 4.26. The molecule has 10 heteroatoms. The Morgan fingerprint density at radius 2 is 1.66 bits per heavy atom. The third-order valence-electron chi connectivity index (χ3n) is 6.77. The number of benzene rings is 2. The monoisotopic (exact) mass is 498 g/mol. The molecular weight excluding hydrogens is 475 g/mol. The van der Waals surface area contributed by atoms with Gasteiger partial charge in [-0.2, -0.15) is 0 Å². The zero-order valence-corrected chi connectivity index (χ0v) is 19.6. The molecule has 2 aliphatic rings. The van der Waals surface area contributed by atoms with Crippen molar-refractivity contribution in [2.24, 2.45) is 0 Å². The Kier molecular flexibility index (Phi) is 6.21. The molecule has 0 saturated carbocycles. The number of para-hydroxylation sites is 1. The minimum absolute atomic E-state index is 0.104. The summed E-state index contributed by atoms with van der Waals surface area (Å²) in [4.78, 5) is 41.8. The lowest BCUT2D eigenvalue weighted by Gasteiger charge is -2.44. The van der Waals surface area contributed by atoms with Crippen LogP contribution in [0.3, 0.4) is 0 Å². The minimum atomic E-state index is -0.801. The molecule has 0 bridgehead atoms. The third-order valence-corrected chi connectivity index (χ3v) is 7.16. The van der Waals surface area contributed by atoms with Gasteiger partial charge in [0.05, 0.1) is 22.0 Å². The van der Waals surface area contributed by atoms with Gasteiger partial charge >= 0.3 is 0 Å². The van der Waals surface area contributed by atoms with Crippen molar-refractivity contribution in [2.45, 2.75) is 25.3 Å². The number of piperidine rings is 1. The first kappa shape index (κ1) is 23.3. The van der Waals surface area contributed by atoms with Crippen molar-refractivity contribution >= 4 is 40.3 Å². The van der Waals surface area contributed by atoms with E-state index in [2.05, 4.69) is 15.5 Å². The van der Waals surface area contributed by atoms with E-state index in [1.807, 2.05) is 0 Å². The number of hydrogen-bond donors (Lipinski definition) is 3. The molecule has 3 aromatic carbocycles. The summed E-state index contributed by atoms with van der Waals surface area (Å²) in [6, 6.07) is 9.00. The van der Waals surface area contributed by atoms with E-state index in [1.54, 1.807) is 11.0 Å². The van der Waals surface area contributed by atoms with E-state index in [-0.39, 0.29) is 45.0 Å². The smallest absolute Gasteiger partial charge is 0.257 e. The summed E-state index contributed by atoms with van der Waals surface area (Å²) in [5.74, 6) is -1.28. The Bertz CT molecular complexity index is 1370. The largest absolute Gasteiger partial charge is 0.505 e. The lowest BCUT2D eigenvalue weighted by Crippen LogP contribution is -2.56. The first-order valence-corrected chi connectivity index (χ1v) is 11.9. The molecule has 8 nitrogen and oxygen atoms in total. The molecule has 3 aromatic rings. The molecule has 2 aliphatic heterocycles. The van der Waals surface area contributed by atoms with Crippen LogP contribution in [0.2, 0.25) is 5.02 Å². The second kappa shape index (κ2) is 9.31. The molecule has 1 unspecified atom stereocenters. The van der Waals surface area contributed by atoms with Gasteiger partial charge in [0.2, 0.25) is 0 Å². The molecule has 0 aliphatic carbocycles. The van der Waals surface area contributed by atoms with E-state index in [4.69, 9.17) is 11.6 Å². The highest BCUT2D eigenvalue weighted by Gasteiger charge is 2.32. The molecular formula is C25H24ClFN4O4. The van der Waals surface area contributed by atoms with Gasteiger partial charge < -0.3 is 20.6 Å². The summed E-state index contributed by atoms with van der Waals surface area (Å²) in [5.41, 5.74) is -1.47. The Balaban J connectivity index is 1.37. The highest BCUT2D eigenvalue weighted by Crippen LogP contribution is 2.35. The number of anilines is 4. The molecule has 1 atom stereocenters. The first-order chi connectivity index (χ1) is 16.8. The van der Waals surface area contributed by atoms with Crippen LogP contribution in [0.1, 0.15) is 29.6 Å². The summed E-state index contributed by atoms with van der Waals surface area (Å²) in [6.07, 6.45) is 3.37. The fraction of sp³-hybridized carbons (Fsp3) is 0.320.